The smallest absolute Gasteiger partial charge is 0.387 e. The zero-order valence-electron chi connectivity index (χ0n) is 14.2. The van der Waals surface area contributed by atoms with Gasteiger partial charge >= 0.3 is 6.61 Å². The minimum Gasteiger partial charge on any atom is -0.435 e. The summed E-state index contributed by atoms with van der Waals surface area (Å²) in [7, 11) is 0. The molecule has 0 bridgehead atoms. The summed E-state index contributed by atoms with van der Waals surface area (Å²) < 4.78 is 29.4. The predicted octanol–water partition coefficient (Wildman–Crippen LogP) is 4.04. The molecule has 2 N–H and O–H groups in total. The fourth-order valence-corrected chi connectivity index (χ4v) is 3.34. The van der Waals surface area contributed by atoms with Crippen LogP contribution in [0.4, 0.5) is 19.6 Å². The number of benzene rings is 2. The molecule has 3 aromatic rings. The van der Waals surface area contributed by atoms with E-state index in [9.17, 15) is 18.4 Å². The first-order valence-electron chi connectivity index (χ1n) is 7.91. The Hall–Kier alpha value is -3.07. The second-order valence-electron chi connectivity index (χ2n) is 5.63. The van der Waals surface area contributed by atoms with Gasteiger partial charge in [0.05, 0.1) is 16.6 Å². The van der Waals surface area contributed by atoms with Crippen molar-refractivity contribution in [3.05, 3.63) is 48.0 Å². The van der Waals surface area contributed by atoms with Crippen molar-refractivity contribution in [2.75, 3.05) is 10.6 Å². The second kappa shape index (κ2) is 8.09. The van der Waals surface area contributed by atoms with Crippen molar-refractivity contribution < 1.29 is 23.1 Å². The predicted molar refractivity (Wildman–Crippen MR) is 99.3 cm³/mol. The number of alkyl halides is 2. The molecule has 1 heterocycles. The van der Waals surface area contributed by atoms with E-state index in [1.165, 1.54) is 30.4 Å². The van der Waals surface area contributed by atoms with Crippen LogP contribution in [0, 0.1) is 0 Å². The van der Waals surface area contributed by atoms with Crippen LogP contribution in [-0.2, 0) is 16.0 Å². The molecule has 0 saturated heterocycles. The fourth-order valence-electron chi connectivity index (χ4n) is 2.39. The van der Waals surface area contributed by atoms with E-state index < -0.39 is 6.61 Å². The topological polar surface area (TPSA) is 80.3 Å². The van der Waals surface area contributed by atoms with Crippen LogP contribution in [0.5, 0.6) is 5.75 Å². The third-order valence-electron chi connectivity index (χ3n) is 3.47. The Kier molecular flexibility index (Phi) is 5.60. The Balaban J connectivity index is 1.64. The molecule has 140 valence electrons. The SMILES string of the molecule is CC(=O)Nc1nc2ccc(NC(=O)Cc3ccc(OC(F)F)cc3)cc2s1. The van der Waals surface area contributed by atoms with Crippen LogP contribution in [-0.4, -0.2) is 23.4 Å². The zero-order chi connectivity index (χ0) is 19.4. The summed E-state index contributed by atoms with van der Waals surface area (Å²) in [5.41, 5.74) is 1.99. The Morgan fingerprint density at radius 2 is 1.89 bits per heavy atom. The summed E-state index contributed by atoms with van der Waals surface area (Å²) in [4.78, 5) is 27.6. The average molecular weight is 391 g/mol. The molecule has 0 aliphatic heterocycles. The van der Waals surface area contributed by atoms with Gasteiger partial charge in [0.1, 0.15) is 5.75 Å². The Labute approximate surface area is 157 Å². The number of halogens is 2. The lowest BCUT2D eigenvalue weighted by atomic mass is 10.1. The van der Waals surface area contributed by atoms with E-state index in [2.05, 4.69) is 20.4 Å². The maximum Gasteiger partial charge on any atom is 0.387 e. The number of hydrogen-bond acceptors (Lipinski definition) is 5. The Morgan fingerprint density at radius 1 is 1.15 bits per heavy atom. The zero-order valence-corrected chi connectivity index (χ0v) is 15.0. The van der Waals surface area contributed by atoms with Gasteiger partial charge in [-0.1, -0.05) is 23.5 Å². The first-order chi connectivity index (χ1) is 12.9. The molecule has 27 heavy (non-hydrogen) atoms. The summed E-state index contributed by atoms with van der Waals surface area (Å²) in [6.45, 7) is -1.48. The van der Waals surface area contributed by atoms with Crippen molar-refractivity contribution >= 4 is 44.2 Å². The van der Waals surface area contributed by atoms with Crippen LogP contribution in [0.1, 0.15) is 12.5 Å². The van der Waals surface area contributed by atoms with Gasteiger partial charge in [0, 0.05) is 12.6 Å². The van der Waals surface area contributed by atoms with Crippen LogP contribution < -0.4 is 15.4 Å². The van der Waals surface area contributed by atoms with E-state index in [0.717, 1.165) is 10.2 Å². The summed E-state index contributed by atoms with van der Waals surface area (Å²) in [5, 5.41) is 5.90. The van der Waals surface area contributed by atoms with Crippen LogP contribution in [0.3, 0.4) is 0 Å². The number of fused-ring (bicyclic) bond motifs is 1. The first-order valence-corrected chi connectivity index (χ1v) is 8.72. The fraction of sp³-hybridized carbons (Fsp3) is 0.167. The monoisotopic (exact) mass is 391 g/mol. The molecule has 0 spiro atoms. The molecule has 0 atom stereocenters. The molecule has 0 aliphatic carbocycles. The number of thiazole rings is 1. The molecular formula is C18H15F2N3O3S. The summed E-state index contributed by atoms with van der Waals surface area (Å²) >= 11 is 1.31. The molecule has 0 radical (unpaired) electrons. The number of carbonyl (C=O) groups is 2. The van der Waals surface area contributed by atoms with Gasteiger partial charge in [0.2, 0.25) is 11.8 Å². The number of nitrogens with zero attached hydrogens (tertiary/aromatic N) is 1. The normalized spacial score (nSPS) is 10.8. The van der Waals surface area contributed by atoms with Gasteiger partial charge in [-0.3, -0.25) is 9.59 Å². The molecule has 9 heteroatoms. The van der Waals surface area contributed by atoms with Gasteiger partial charge in [0.25, 0.3) is 0 Å². The van der Waals surface area contributed by atoms with Crippen LogP contribution >= 0.6 is 11.3 Å². The molecule has 2 aromatic carbocycles. The van der Waals surface area contributed by atoms with E-state index in [-0.39, 0.29) is 24.0 Å². The summed E-state index contributed by atoms with van der Waals surface area (Å²) in [6.07, 6.45) is 0.0901. The summed E-state index contributed by atoms with van der Waals surface area (Å²) in [6, 6.07) is 11.1. The minimum atomic E-state index is -2.88. The number of anilines is 2. The van der Waals surface area contributed by atoms with E-state index in [0.29, 0.717) is 16.4 Å². The van der Waals surface area contributed by atoms with Crippen LogP contribution in [0.15, 0.2) is 42.5 Å². The first kappa shape index (κ1) is 18.7. The van der Waals surface area contributed by atoms with Crippen molar-refractivity contribution in [3.8, 4) is 5.75 Å². The lowest BCUT2D eigenvalue weighted by Gasteiger charge is -2.07. The largest absolute Gasteiger partial charge is 0.435 e. The Morgan fingerprint density at radius 3 is 2.56 bits per heavy atom. The van der Waals surface area contributed by atoms with Crippen molar-refractivity contribution in [2.24, 2.45) is 0 Å². The molecule has 3 rings (SSSR count). The highest BCUT2D eigenvalue weighted by molar-refractivity contribution is 7.22. The third kappa shape index (κ3) is 5.20. The van der Waals surface area contributed by atoms with Gasteiger partial charge in [-0.05, 0) is 35.9 Å². The number of hydrogen-bond donors (Lipinski definition) is 2. The van der Waals surface area contributed by atoms with Crippen molar-refractivity contribution in [2.45, 2.75) is 20.0 Å². The molecular weight excluding hydrogens is 376 g/mol. The van der Waals surface area contributed by atoms with Crippen molar-refractivity contribution in [3.63, 3.8) is 0 Å². The van der Waals surface area contributed by atoms with Crippen LogP contribution in [0.2, 0.25) is 0 Å². The van der Waals surface area contributed by atoms with Gasteiger partial charge in [-0.15, -0.1) is 0 Å². The second-order valence-corrected chi connectivity index (χ2v) is 6.66. The number of nitrogens with one attached hydrogen (secondary N) is 2. The van der Waals surface area contributed by atoms with E-state index in [1.807, 2.05) is 0 Å². The highest BCUT2D eigenvalue weighted by Crippen LogP contribution is 2.28. The lowest BCUT2D eigenvalue weighted by Crippen LogP contribution is -2.14. The highest BCUT2D eigenvalue weighted by Gasteiger charge is 2.09. The van der Waals surface area contributed by atoms with Gasteiger partial charge in [-0.25, -0.2) is 4.98 Å². The maximum absolute atomic E-state index is 12.2. The van der Waals surface area contributed by atoms with Crippen molar-refractivity contribution in [1.82, 2.24) is 4.98 Å². The lowest BCUT2D eigenvalue weighted by molar-refractivity contribution is -0.116. The molecule has 6 nitrogen and oxygen atoms in total. The van der Waals surface area contributed by atoms with E-state index in [1.54, 1.807) is 30.3 Å². The molecule has 1 aromatic heterocycles. The standard InChI is InChI=1S/C18H15F2N3O3S/c1-10(24)21-18-23-14-7-4-12(9-15(14)27-18)22-16(25)8-11-2-5-13(6-3-11)26-17(19)20/h2-7,9,17H,8H2,1H3,(H,22,25)(H,21,23,24). The quantitative estimate of drug-likeness (QED) is 0.665. The van der Waals surface area contributed by atoms with Gasteiger partial charge in [-0.2, -0.15) is 8.78 Å². The Bertz CT molecular complexity index is 974. The molecule has 2 amide bonds. The number of ether oxygens (including phenoxy) is 1. The van der Waals surface area contributed by atoms with Gasteiger partial charge in [0.15, 0.2) is 5.13 Å². The molecule has 0 saturated carbocycles. The molecule has 0 fully saturated rings. The van der Waals surface area contributed by atoms with E-state index >= 15 is 0 Å². The number of aromatic nitrogens is 1. The number of rotatable bonds is 6. The molecule has 0 unspecified atom stereocenters. The highest BCUT2D eigenvalue weighted by atomic mass is 32.1. The minimum absolute atomic E-state index is 0.0415. The molecule has 0 aliphatic rings. The van der Waals surface area contributed by atoms with Crippen molar-refractivity contribution in [1.29, 1.82) is 0 Å². The number of carbonyl (C=O) groups excluding carboxylic acids is 2. The van der Waals surface area contributed by atoms with Crippen LogP contribution in [0.25, 0.3) is 10.2 Å². The van der Waals surface area contributed by atoms with E-state index in [4.69, 9.17) is 0 Å². The average Bonchev–Trinajstić information content (AvgIpc) is 2.96. The maximum atomic E-state index is 12.2. The van der Waals surface area contributed by atoms with Gasteiger partial charge < -0.3 is 15.4 Å². The number of amides is 2. The third-order valence-corrected chi connectivity index (χ3v) is 4.40. The summed E-state index contributed by atoms with van der Waals surface area (Å²) in [5.74, 6) is -0.407.